The first-order valence-corrected chi connectivity index (χ1v) is 9.94. The Morgan fingerprint density at radius 1 is 1.14 bits per heavy atom. The number of likely N-dealkylation sites (tertiary alicyclic amines) is 1. The Labute approximate surface area is 163 Å². The molecule has 2 aromatic rings. The summed E-state index contributed by atoms with van der Waals surface area (Å²) in [6.45, 7) is 5.72. The van der Waals surface area contributed by atoms with Crippen LogP contribution in [0.2, 0.25) is 0 Å². The second kappa shape index (κ2) is 7.04. The van der Waals surface area contributed by atoms with Gasteiger partial charge in [-0.25, -0.2) is 0 Å². The molecule has 0 aliphatic carbocycles. The molecule has 1 fully saturated rings. The number of nitrogens with zero attached hydrogens (tertiary/aromatic N) is 4. The van der Waals surface area contributed by atoms with Gasteiger partial charge in [0.15, 0.2) is 0 Å². The van der Waals surface area contributed by atoms with Gasteiger partial charge in [0.1, 0.15) is 11.4 Å². The molecule has 7 heteroatoms. The fourth-order valence-electron chi connectivity index (χ4n) is 4.52. The van der Waals surface area contributed by atoms with E-state index in [0.717, 1.165) is 49.4 Å². The number of hydrogen-bond donors (Lipinski definition) is 0. The third-order valence-corrected chi connectivity index (χ3v) is 6.20. The Morgan fingerprint density at radius 3 is 2.71 bits per heavy atom. The third-order valence-electron chi connectivity index (χ3n) is 6.20. The molecule has 4 heterocycles. The Kier molecular flexibility index (Phi) is 4.69. The van der Waals surface area contributed by atoms with Gasteiger partial charge < -0.3 is 14.0 Å². The van der Waals surface area contributed by atoms with E-state index in [1.807, 2.05) is 13.8 Å². The molecule has 0 N–H and O–H groups in total. The molecular formula is C21H26N4O3. The van der Waals surface area contributed by atoms with Crippen LogP contribution in [0, 0.1) is 13.8 Å². The lowest BCUT2D eigenvalue weighted by molar-refractivity contribution is 0.0701. The van der Waals surface area contributed by atoms with E-state index in [1.165, 1.54) is 4.57 Å². The monoisotopic (exact) mass is 382 g/mol. The van der Waals surface area contributed by atoms with Gasteiger partial charge in [-0.3, -0.25) is 14.4 Å². The first-order chi connectivity index (χ1) is 13.4. The average molecular weight is 382 g/mol. The fourth-order valence-corrected chi connectivity index (χ4v) is 4.52. The van der Waals surface area contributed by atoms with Crippen LogP contribution in [0.4, 0.5) is 0 Å². The van der Waals surface area contributed by atoms with Crippen molar-refractivity contribution in [1.29, 1.82) is 0 Å². The van der Waals surface area contributed by atoms with Gasteiger partial charge in [-0.05, 0) is 45.2 Å². The minimum absolute atomic E-state index is 0.0968. The predicted octanol–water partition coefficient (Wildman–Crippen LogP) is 1.52. The van der Waals surface area contributed by atoms with Crippen molar-refractivity contribution < 1.29 is 4.79 Å². The van der Waals surface area contributed by atoms with Crippen molar-refractivity contribution in [2.75, 3.05) is 13.1 Å². The van der Waals surface area contributed by atoms with Crippen molar-refractivity contribution in [2.45, 2.75) is 52.0 Å². The van der Waals surface area contributed by atoms with Crippen LogP contribution in [-0.2, 0) is 20.0 Å². The second-order valence-corrected chi connectivity index (χ2v) is 7.94. The summed E-state index contributed by atoms with van der Waals surface area (Å²) in [6, 6.07) is 3.43. The van der Waals surface area contributed by atoms with Crippen LogP contribution in [0.5, 0.6) is 0 Å². The summed E-state index contributed by atoms with van der Waals surface area (Å²) in [6.07, 6.45) is 3.61. The highest BCUT2D eigenvalue weighted by molar-refractivity contribution is 5.94. The molecule has 1 saturated heterocycles. The van der Waals surface area contributed by atoms with Gasteiger partial charge in [-0.1, -0.05) is 0 Å². The van der Waals surface area contributed by atoms with E-state index in [9.17, 15) is 14.4 Å². The molecule has 2 aliphatic heterocycles. The van der Waals surface area contributed by atoms with Crippen molar-refractivity contribution in [1.82, 2.24) is 19.0 Å². The maximum atomic E-state index is 13.1. The van der Waals surface area contributed by atoms with Crippen LogP contribution in [0.3, 0.4) is 0 Å². The molecule has 1 amide bonds. The van der Waals surface area contributed by atoms with Crippen LogP contribution < -0.4 is 11.1 Å². The molecule has 2 aliphatic rings. The summed E-state index contributed by atoms with van der Waals surface area (Å²) in [5.41, 5.74) is 2.34. The predicted molar refractivity (Wildman–Crippen MR) is 106 cm³/mol. The topological polar surface area (TPSA) is 77.2 Å². The summed E-state index contributed by atoms with van der Waals surface area (Å²) in [5, 5.41) is 0. The first-order valence-electron chi connectivity index (χ1n) is 9.94. The zero-order valence-electron chi connectivity index (χ0n) is 16.7. The SMILES string of the molecule is Cc1c([C@@H]2CCCN(C(=O)c3ccc(C)n(C)c3=O)C2)n2c(nc1=O)CCC2. The Bertz CT molecular complexity index is 1070. The minimum atomic E-state index is -0.260. The molecule has 28 heavy (non-hydrogen) atoms. The molecule has 7 nitrogen and oxygen atoms in total. The van der Waals surface area contributed by atoms with Gasteiger partial charge in [0, 0.05) is 56.0 Å². The lowest BCUT2D eigenvalue weighted by Gasteiger charge is -2.34. The second-order valence-electron chi connectivity index (χ2n) is 7.94. The number of aromatic nitrogens is 3. The largest absolute Gasteiger partial charge is 0.338 e. The maximum absolute atomic E-state index is 13.1. The summed E-state index contributed by atoms with van der Waals surface area (Å²) >= 11 is 0. The van der Waals surface area contributed by atoms with E-state index < -0.39 is 0 Å². The van der Waals surface area contributed by atoms with E-state index >= 15 is 0 Å². The molecule has 0 unspecified atom stereocenters. The Balaban J connectivity index is 1.67. The van der Waals surface area contributed by atoms with E-state index in [2.05, 4.69) is 9.55 Å². The number of piperidine rings is 1. The van der Waals surface area contributed by atoms with Gasteiger partial charge in [0.2, 0.25) is 0 Å². The lowest BCUT2D eigenvalue weighted by Crippen LogP contribution is -2.43. The summed E-state index contributed by atoms with van der Waals surface area (Å²) < 4.78 is 3.69. The van der Waals surface area contributed by atoms with E-state index in [4.69, 9.17) is 0 Å². The van der Waals surface area contributed by atoms with Crippen molar-refractivity contribution >= 4 is 5.91 Å². The van der Waals surface area contributed by atoms with Gasteiger partial charge in [-0.15, -0.1) is 0 Å². The number of rotatable bonds is 2. The maximum Gasteiger partial charge on any atom is 0.276 e. The van der Waals surface area contributed by atoms with Crippen molar-refractivity contribution in [2.24, 2.45) is 7.05 Å². The zero-order chi connectivity index (χ0) is 20.0. The number of amides is 1. The number of fused-ring (bicyclic) bond motifs is 1. The van der Waals surface area contributed by atoms with Crippen molar-refractivity contribution in [3.05, 3.63) is 61.2 Å². The van der Waals surface area contributed by atoms with Gasteiger partial charge in [0.05, 0.1) is 0 Å². The Hall–Kier alpha value is -2.70. The van der Waals surface area contributed by atoms with Crippen LogP contribution in [0.25, 0.3) is 0 Å². The fraction of sp³-hybridized carbons (Fsp3) is 0.524. The quantitative estimate of drug-likeness (QED) is 0.789. The van der Waals surface area contributed by atoms with Crippen LogP contribution in [0.1, 0.15) is 58.3 Å². The molecule has 148 valence electrons. The highest BCUT2D eigenvalue weighted by atomic mass is 16.2. The third kappa shape index (κ3) is 2.99. The molecule has 0 bridgehead atoms. The number of pyridine rings is 1. The van der Waals surface area contributed by atoms with Crippen molar-refractivity contribution in [3.63, 3.8) is 0 Å². The van der Waals surface area contributed by atoms with Crippen LogP contribution >= 0.6 is 0 Å². The normalized spacial score (nSPS) is 19.0. The number of carbonyl (C=O) groups excluding carboxylic acids is 1. The smallest absolute Gasteiger partial charge is 0.276 e. The molecule has 0 spiro atoms. The molecule has 0 aromatic carbocycles. The van der Waals surface area contributed by atoms with Gasteiger partial charge in [0.25, 0.3) is 17.0 Å². The minimum Gasteiger partial charge on any atom is -0.338 e. The molecule has 2 aromatic heterocycles. The van der Waals surface area contributed by atoms with Crippen molar-refractivity contribution in [3.8, 4) is 0 Å². The van der Waals surface area contributed by atoms with Gasteiger partial charge >= 0.3 is 0 Å². The number of carbonyl (C=O) groups is 1. The zero-order valence-corrected chi connectivity index (χ0v) is 16.7. The molecule has 4 rings (SSSR count). The van der Waals surface area contributed by atoms with Gasteiger partial charge in [-0.2, -0.15) is 4.98 Å². The standard InChI is InChI=1S/C21H26N4O3/c1-13-8-9-16(20(27)23(13)3)21(28)24-10-4-6-15(12-24)18-14(2)19(26)22-17-7-5-11-25(17)18/h8-9,15H,4-7,10-12H2,1-3H3/t15-/m1/s1. The molecule has 0 saturated carbocycles. The Morgan fingerprint density at radius 2 is 1.93 bits per heavy atom. The number of aryl methyl sites for hydroxylation is 2. The average Bonchev–Trinajstić information content (AvgIpc) is 3.14. The first kappa shape index (κ1) is 18.7. The molecule has 1 atom stereocenters. The molecular weight excluding hydrogens is 356 g/mol. The highest BCUT2D eigenvalue weighted by Gasteiger charge is 2.31. The number of hydrogen-bond acceptors (Lipinski definition) is 4. The summed E-state index contributed by atoms with van der Waals surface area (Å²) in [5.74, 6) is 0.738. The van der Waals surface area contributed by atoms with E-state index in [0.29, 0.717) is 18.7 Å². The van der Waals surface area contributed by atoms with Crippen LogP contribution in [0.15, 0.2) is 21.7 Å². The summed E-state index contributed by atoms with van der Waals surface area (Å²) in [7, 11) is 1.68. The lowest BCUT2D eigenvalue weighted by atomic mass is 9.91. The van der Waals surface area contributed by atoms with E-state index in [-0.39, 0.29) is 28.5 Å². The molecule has 0 radical (unpaired) electrons. The summed E-state index contributed by atoms with van der Waals surface area (Å²) in [4.78, 5) is 44.0. The highest BCUT2D eigenvalue weighted by Crippen LogP contribution is 2.31. The van der Waals surface area contributed by atoms with Crippen LogP contribution in [-0.4, -0.2) is 38.0 Å². The van der Waals surface area contributed by atoms with E-state index in [1.54, 1.807) is 24.1 Å².